The van der Waals surface area contributed by atoms with Crippen molar-refractivity contribution in [1.29, 1.82) is 0 Å². The highest BCUT2D eigenvalue weighted by Crippen LogP contribution is 2.36. The fourth-order valence-electron chi connectivity index (χ4n) is 1.58. The summed E-state index contributed by atoms with van der Waals surface area (Å²) in [5.74, 6) is 0. The van der Waals surface area contributed by atoms with E-state index in [0.717, 1.165) is 5.56 Å². The first-order chi connectivity index (χ1) is 7.97. The Hall–Kier alpha value is -1.07. The SMILES string of the molecule is Cc1cccc([C@H](OC[C@H]2CO2)C(F)(F)F)c1. The number of ether oxygens (including phenoxy) is 2. The lowest BCUT2D eigenvalue weighted by molar-refractivity contribution is -0.224. The Balaban J connectivity index is 2.13. The van der Waals surface area contributed by atoms with Crippen molar-refractivity contribution in [3.05, 3.63) is 35.4 Å². The summed E-state index contributed by atoms with van der Waals surface area (Å²) in [6.45, 7) is 2.22. The molecule has 2 atom stereocenters. The van der Waals surface area contributed by atoms with E-state index in [9.17, 15) is 13.2 Å². The van der Waals surface area contributed by atoms with E-state index in [2.05, 4.69) is 0 Å². The van der Waals surface area contributed by atoms with E-state index in [1.54, 1.807) is 19.1 Å². The lowest BCUT2D eigenvalue weighted by Gasteiger charge is -2.21. The number of benzene rings is 1. The third-order valence-corrected chi connectivity index (χ3v) is 2.49. The van der Waals surface area contributed by atoms with Crippen molar-refractivity contribution in [2.24, 2.45) is 0 Å². The summed E-state index contributed by atoms with van der Waals surface area (Å²) in [4.78, 5) is 0. The fourth-order valence-corrected chi connectivity index (χ4v) is 1.58. The molecule has 1 aliphatic rings. The van der Waals surface area contributed by atoms with Gasteiger partial charge in [-0.15, -0.1) is 0 Å². The van der Waals surface area contributed by atoms with Gasteiger partial charge in [-0.05, 0) is 12.5 Å². The van der Waals surface area contributed by atoms with Crippen molar-refractivity contribution in [1.82, 2.24) is 0 Å². The van der Waals surface area contributed by atoms with Crippen LogP contribution < -0.4 is 0 Å². The quantitative estimate of drug-likeness (QED) is 0.762. The zero-order valence-electron chi connectivity index (χ0n) is 9.33. The highest BCUT2D eigenvalue weighted by molar-refractivity contribution is 5.25. The molecule has 2 nitrogen and oxygen atoms in total. The summed E-state index contributed by atoms with van der Waals surface area (Å²) in [7, 11) is 0. The molecule has 0 radical (unpaired) electrons. The highest BCUT2D eigenvalue weighted by atomic mass is 19.4. The Kier molecular flexibility index (Phi) is 3.40. The van der Waals surface area contributed by atoms with Crippen LogP contribution in [0.25, 0.3) is 0 Å². The van der Waals surface area contributed by atoms with Crippen LogP contribution in [-0.4, -0.2) is 25.5 Å². The average Bonchev–Trinajstić information content (AvgIpc) is 3.00. The van der Waals surface area contributed by atoms with Gasteiger partial charge in [0.1, 0.15) is 6.10 Å². The molecule has 0 saturated carbocycles. The first-order valence-electron chi connectivity index (χ1n) is 5.33. The number of alkyl halides is 3. The zero-order chi connectivity index (χ0) is 12.5. The van der Waals surface area contributed by atoms with Gasteiger partial charge >= 0.3 is 6.18 Å². The van der Waals surface area contributed by atoms with Crippen LogP contribution >= 0.6 is 0 Å². The van der Waals surface area contributed by atoms with E-state index in [1.807, 2.05) is 0 Å². The second-order valence-electron chi connectivity index (χ2n) is 4.12. The van der Waals surface area contributed by atoms with Gasteiger partial charge in [-0.3, -0.25) is 0 Å². The van der Waals surface area contributed by atoms with E-state index < -0.39 is 12.3 Å². The molecule has 0 unspecified atom stereocenters. The van der Waals surface area contributed by atoms with E-state index >= 15 is 0 Å². The molecular weight excluding hydrogens is 233 g/mol. The van der Waals surface area contributed by atoms with Crippen LogP contribution in [0.3, 0.4) is 0 Å². The minimum absolute atomic E-state index is 0.0158. The van der Waals surface area contributed by atoms with Crippen molar-refractivity contribution in [2.75, 3.05) is 13.2 Å². The molecule has 1 aromatic carbocycles. The molecule has 0 amide bonds. The van der Waals surface area contributed by atoms with Gasteiger partial charge in [-0.25, -0.2) is 0 Å². The lowest BCUT2D eigenvalue weighted by Crippen LogP contribution is -2.25. The fraction of sp³-hybridized carbons (Fsp3) is 0.500. The molecule has 0 aromatic heterocycles. The van der Waals surface area contributed by atoms with E-state index in [0.29, 0.717) is 6.61 Å². The number of rotatable bonds is 4. The monoisotopic (exact) mass is 246 g/mol. The zero-order valence-corrected chi connectivity index (χ0v) is 9.33. The predicted octanol–water partition coefficient (Wildman–Crippen LogP) is 3.01. The average molecular weight is 246 g/mol. The highest BCUT2D eigenvalue weighted by Gasteiger charge is 2.43. The third-order valence-electron chi connectivity index (χ3n) is 2.49. The molecule has 0 aliphatic carbocycles. The largest absolute Gasteiger partial charge is 0.418 e. The van der Waals surface area contributed by atoms with Crippen LogP contribution in [0.15, 0.2) is 24.3 Å². The van der Waals surface area contributed by atoms with Crippen LogP contribution in [0.5, 0.6) is 0 Å². The molecule has 1 saturated heterocycles. The molecule has 94 valence electrons. The maximum Gasteiger partial charge on any atom is 0.418 e. The van der Waals surface area contributed by atoms with Gasteiger partial charge < -0.3 is 9.47 Å². The number of hydrogen-bond donors (Lipinski definition) is 0. The summed E-state index contributed by atoms with van der Waals surface area (Å²) in [5.41, 5.74) is 0.918. The second-order valence-corrected chi connectivity index (χ2v) is 4.12. The Morgan fingerprint density at radius 1 is 1.47 bits per heavy atom. The van der Waals surface area contributed by atoms with Gasteiger partial charge in [0.05, 0.1) is 13.2 Å². The molecule has 0 N–H and O–H groups in total. The lowest BCUT2D eigenvalue weighted by atomic mass is 10.1. The maximum atomic E-state index is 12.8. The second kappa shape index (κ2) is 4.66. The van der Waals surface area contributed by atoms with Crippen molar-refractivity contribution >= 4 is 0 Å². The predicted molar refractivity (Wildman–Crippen MR) is 55.7 cm³/mol. The molecule has 17 heavy (non-hydrogen) atoms. The summed E-state index contributed by atoms with van der Waals surface area (Å²) in [6, 6.07) is 6.27. The molecule has 5 heteroatoms. The molecule has 1 aliphatic heterocycles. The van der Waals surface area contributed by atoms with Gasteiger partial charge in [0.25, 0.3) is 0 Å². The molecular formula is C12H13F3O2. The molecule has 2 rings (SSSR count). The number of hydrogen-bond acceptors (Lipinski definition) is 2. The number of halogens is 3. The van der Waals surface area contributed by atoms with Gasteiger partial charge in [0.2, 0.25) is 0 Å². The smallest absolute Gasteiger partial charge is 0.371 e. The molecule has 1 heterocycles. The molecule has 0 bridgehead atoms. The normalized spacial score (nSPS) is 21.3. The summed E-state index contributed by atoms with van der Waals surface area (Å²) >= 11 is 0. The molecule has 0 spiro atoms. The van der Waals surface area contributed by atoms with Crippen LogP contribution in [0.2, 0.25) is 0 Å². The summed E-state index contributed by atoms with van der Waals surface area (Å²) < 4.78 is 48.3. The third kappa shape index (κ3) is 3.44. The van der Waals surface area contributed by atoms with Gasteiger partial charge in [0.15, 0.2) is 6.10 Å². The topological polar surface area (TPSA) is 21.8 Å². The molecule has 1 aromatic rings. The minimum Gasteiger partial charge on any atom is -0.371 e. The standard InChI is InChI=1S/C12H13F3O2/c1-8-3-2-4-9(5-8)11(12(13,14)15)17-7-10-6-16-10/h2-5,10-11H,6-7H2,1H3/t10-,11+/m1/s1. The first-order valence-corrected chi connectivity index (χ1v) is 5.33. The van der Waals surface area contributed by atoms with E-state index in [-0.39, 0.29) is 18.3 Å². The van der Waals surface area contributed by atoms with Gasteiger partial charge in [-0.2, -0.15) is 13.2 Å². The first kappa shape index (κ1) is 12.4. The summed E-state index contributed by atoms with van der Waals surface area (Å²) in [6.07, 6.45) is -6.45. The van der Waals surface area contributed by atoms with Crippen molar-refractivity contribution in [2.45, 2.75) is 25.3 Å². The molecule has 1 fully saturated rings. The van der Waals surface area contributed by atoms with Crippen molar-refractivity contribution < 1.29 is 22.6 Å². The summed E-state index contributed by atoms with van der Waals surface area (Å²) in [5, 5.41) is 0. The van der Waals surface area contributed by atoms with Gasteiger partial charge in [-0.1, -0.05) is 29.8 Å². The Morgan fingerprint density at radius 3 is 2.71 bits per heavy atom. The van der Waals surface area contributed by atoms with Crippen LogP contribution in [0.1, 0.15) is 17.2 Å². The van der Waals surface area contributed by atoms with Crippen LogP contribution in [-0.2, 0) is 9.47 Å². The Bertz CT molecular complexity index is 386. The number of aryl methyl sites for hydroxylation is 1. The maximum absolute atomic E-state index is 12.8. The van der Waals surface area contributed by atoms with E-state index in [4.69, 9.17) is 9.47 Å². The van der Waals surface area contributed by atoms with Crippen LogP contribution in [0, 0.1) is 6.92 Å². The van der Waals surface area contributed by atoms with Crippen LogP contribution in [0.4, 0.5) is 13.2 Å². The minimum atomic E-state index is -4.40. The van der Waals surface area contributed by atoms with E-state index in [1.165, 1.54) is 12.1 Å². The number of epoxide rings is 1. The van der Waals surface area contributed by atoms with Crippen molar-refractivity contribution in [3.8, 4) is 0 Å². The Morgan fingerprint density at radius 2 is 2.18 bits per heavy atom. The van der Waals surface area contributed by atoms with Crippen molar-refractivity contribution in [3.63, 3.8) is 0 Å². The Labute approximate surface area is 97.3 Å². The van der Waals surface area contributed by atoms with Gasteiger partial charge in [0, 0.05) is 0 Å².